The Labute approximate surface area is 310 Å². The van der Waals surface area contributed by atoms with Gasteiger partial charge in [0.05, 0.1) is 18.0 Å². The number of carboxylic acids is 1. The number of ether oxygens (including phenoxy) is 2. The number of carboxylic acid groups (broad SMARTS) is 1. The molecule has 1 atom stereocenters. The number of hydrogen-bond acceptors (Lipinski definition) is 7. The molecule has 0 bridgehead atoms. The van der Waals surface area contributed by atoms with Crippen LogP contribution in [0.3, 0.4) is 0 Å². The van der Waals surface area contributed by atoms with Gasteiger partial charge in [0.2, 0.25) is 0 Å². The largest absolute Gasteiger partial charge is 0.611 e. The summed E-state index contributed by atoms with van der Waals surface area (Å²) in [7, 11) is 0. The van der Waals surface area contributed by atoms with Crippen molar-refractivity contribution in [2.45, 2.75) is 77.0 Å². The highest BCUT2D eigenvalue weighted by Gasteiger charge is 2.22. The third kappa shape index (κ3) is 10.3. The van der Waals surface area contributed by atoms with Gasteiger partial charge in [-0.15, -0.1) is 0 Å². The molecule has 3 aromatic carbocycles. The lowest BCUT2D eigenvalue weighted by atomic mass is 9.96. The van der Waals surface area contributed by atoms with E-state index in [0.717, 1.165) is 77.8 Å². The van der Waals surface area contributed by atoms with Crippen LogP contribution in [-0.4, -0.2) is 64.0 Å². The fraction of sp³-hybridized carbons (Fsp3) is 0.390. The van der Waals surface area contributed by atoms with E-state index >= 15 is 0 Å². The molecule has 0 saturated carbocycles. The number of aliphatic carboxylic acids is 1. The van der Waals surface area contributed by atoms with Crippen LogP contribution in [0.1, 0.15) is 68.7 Å². The maximum atomic E-state index is 13.7. The monoisotopic (exact) mass is 726 g/mol. The number of amides is 1. The molecule has 11 heteroatoms. The number of benzene rings is 3. The Morgan fingerprint density at radius 2 is 1.71 bits per heavy atom. The zero-order valence-electron chi connectivity index (χ0n) is 30.7. The molecule has 1 amide bonds. The quantitative estimate of drug-likeness (QED) is 0.0834. The third-order valence-electron chi connectivity index (χ3n) is 9.07. The summed E-state index contributed by atoms with van der Waals surface area (Å²) < 4.78 is 26.9. The number of nitrogens with one attached hydrogen (secondary N) is 1. The molecule has 1 aliphatic rings. The number of imidazole rings is 1. The molecule has 0 fully saturated rings. The lowest BCUT2D eigenvalue weighted by molar-refractivity contribution is -0.135. The van der Waals surface area contributed by atoms with Crippen LogP contribution in [0, 0.1) is 13.8 Å². The van der Waals surface area contributed by atoms with E-state index in [1.165, 1.54) is 0 Å². The molecule has 0 aliphatic carbocycles. The minimum absolute atomic E-state index is 0.135. The topological polar surface area (TPSA) is 129 Å². The van der Waals surface area contributed by atoms with Crippen LogP contribution < -0.4 is 15.0 Å². The first-order valence-corrected chi connectivity index (χ1v) is 19.4. The molecule has 4 aromatic rings. The summed E-state index contributed by atoms with van der Waals surface area (Å²) in [6, 6.07) is 20.9. The molecule has 0 radical (unpaired) electrons. The Morgan fingerprint density at radius 1 is 0.962 bits per heavy atom. The summed E-state index contributed by atoms with van der Waals surface area (Å²) in [6.07, 6.45) is 6.06. The van der Waals surface area contributed by atoms with Crippen LogP contribution in [-0.2, 0) is 37.8 Å². The van der Waals surface area contributed by atoms with Crippen LogP contribution in [0.2, 0.25) is 0 Å². The van der Waals surface area contributed by atoms with Crippen LogP contribution in [0.25, 0.3) is 17.2 Å². The second kappa shape index (κ2) is 18.8. The molecule has 1 aromatic heterocycles. The molecular weight excluding hydrogens is 677 g/mol. The zero-order chi connectivity index (χ0) is 37.0. The predicted octanol–water partition coefficient (Wildman–Crippen LogP) is 7.79. The summed E-state index contributed by atoms with van der Waals surface area (Å²) in [5, 5.41) is 12.7. The summed E-state index contributed by atoms with van der Waals surface area (Å²) in [5.41, 5.74) is 6.53. The second-order valence-corrected chi connectivity index (χ2v) is 14.5. The molecule has 52 heavy (non-hydrogen) atoms. The van der Waals surface area contributed by atoms with Gasteiger partial charge in [0.15, 0.2) is 10.6 Å². The molecule has 0 saturated heterocycles. The second-order valence-electron chi connectivity index (χ2n) is 13.0. The minimum Gasteiger partial charge on any atom is -0.611 e. The number of aromatic nitrogens is 2. The van der Waals surface area contributed by atoms with Crippen molar-refractivity contribution in [1.29, 1.82) is 0 Å². The van der Waals surface area contributed by atoms with Crippen LogP contribution in [0.15, 0.2) is 77.2 Å². The Bertz CT molecular complexity index is 1840. The first kappa shape index (κ1) is 38.6. The fourth-order valence-corrected chi connectivity index (χ4v) is 7.58. The van der Waals surface area contributed by atoms with E-state index in [1.54, 1.807) is 24.3 Å². The highest BCUT2D eigenvalue weighted by Crippen LogP contribution is 2.33. The number of anilines is 2. The van der Waals surface area contributed by atoms with E-state index in [-0.39, 0.29) is 12.5 Å². The lowest BCUT2D eigenvalue weighted by Crippen LogP contribution is -2.32. The molecule has 0 unspecified atom stereocenters. The molecule has 276 valence electrons. The molecule has 0 spiro atoms. The van der Waals surface area contributed by atoms with Gasteiger partial charge in [0.1, 0.15) is 24.7 Å². The average Bonchev–Trinajstić information content (AvgIpc) is 3.38. The first-order valence-electron chi connectivity index (χ1n) is 18.1. The van der Waals surface area contributed by atoms with Gasteiger partial charge in [-0.3, -0.25) is 9.59 Å². The van der Waals surface area contributed by atoms with Gasteiger partial charge >= 0.3 is 5.97 Å². The summed E-state index contributed by atoms with van der Waals surface area (Å²) in [5.74, 6) is 0.916. The number of carbonyl (C=O) groups is 2. The van der Waals surface area contributed by atoms with E-state index in [9.17, 15) is 19.2 Å². The van der Waals surface area contributed by atoms with E-state index < -0.39 is 17.1 Å². The van der Waals surface area contributed by atoms with E-state index in [1.807, 2.05) is 67.3 Å². The van der Waals surface area contributed by atoms with Gasteiger partial charge in [-0.1, -0.05) is 38.5 Å². The van der Waals surface area contributed by atoms with E-state index in [0.29, 0.717) is 54.5 Å². The minimum atomic E-state index is -1.27. The number of unbranched alkanes of at least 4 members (excludes halogenated alkanes) is 1. The number of hydrogen-bond donors (Lipinski definition) is 2. The van der Waals surface area contributed by atoms with Gasteiger partial charge in [-0.25, -0.2) is 4.98 Å². The molecule has 2 N–H and O–H groups in total. The van der Waals surface area contributed by atoms with Gasteiger partial charge in [0, 0.05) is 36.6 Å². The SMILES string of the molecule is CCCCOCCOc1ccc(-c2ccc3c(c2)/C=C(/C(=O)Nc2ccc([S@@+]([O-])Cc4c(C)nc(C)n4CCC)cc2)CCCN3CC(=O)O)cc1. The number of rotatable bonds is 17. The van der Waals surface area contributed by atoms with Crippen molar-refractivity contribution in [1.82, 2.24) is 9.55 Å². The summed E-state index contributed by atoms with van der Waals surface area (Å²) in [4.78, 5) is 32.6. The number of fused-ring (bicyclic) bond motifs is 1. The van der Waals surface area contributed by atoms with Gasteiger partial charge in [-0.05, 0) is 122 Å². The first-order chi connectivity index (χ1) is 25.2. The number of nitrogens with zero attached hydrogens (tertiary/aromatic N) is 3. The highest BCUT2D eigenvalue weighted by atomic mass is 32.2. The Morgan fingerprint density at radius 3 is 2.42 bits per heavy atom. The van der Waals surface area contributed by atoms with Crippen molar-refractivity contribution in [2.75, 3.05) is 43.1 Å². The van der Waals surface area contributed by atoms with Gasteiger partial charge < -0.3 is 33.9 Å². The van der Waals surface area contributed by atoms with Crippen LogP contribution in [0.4, 0.5) is 11.4 Å². The van der Waals surface area contributed by atoms with Crippen molar-refractivity contribution in [3.05, 3.63) is 95.1 Å². The Hall–Kier alpha value is -4.58. The van der Waals surface area contributed by atoms with E-state index in [2.05, 4.69) is 28.7 Å². The normalized spacial score (nSPS) is 14.5. The predicted molar refractivity (Wildman–Crippen MR) is 207 cm³/mol. The van der Waals surface area contributed by atoms with Crippen molar-refractivity contribution in [2.24, 2.45) is 0 Å². The smallest absolute Gasteiger partial charge is 0.323 e. The van der Waals surface area contributed by atoms with Crippen LogP contribution in [0.5, 0.6) is 5.75 Å². The summed E-state index contributed by atoms with van der Waals surface area (Å²) >= 11 is -1.27. The molecule has 5 rings (SSSR count). The van der Waals surface area contributed by atoms with Gasteiger partial charge in [-0.2, -0.15) is 0 Å². The molecule has 1 aliphatic heterocycles. The van der Waals surface area contributed by atoms with Crippen molar-refractivity contribution < 1.29 is 28.7 Å². The lowest BCUT2D eigenvalue weighted by Gasteiger charge is -2.27. The van der Waals surface area contributed by atoms with Crippen LogP contribution >= 0.6 is 0 Å². The molecular formula is C41H50N4O6S. The third-order valence-corrected chi connectivity index (χ3v) is 10.4. The Kier molecular flexibility index (Phi) is 14.0. The molecule has 2 heterocycles. The zero-order valence-corrected chi connectivity index (χ0v) is 31.5. The average molecular weight is 727 g/mol. The van der Waals surface area contributed by atoms with Crippen molar-refractivity contribution >= 4 is 40.5 Å². The number of aryl methyl sites for hydroxylation is 2. The summed E-state index contributed by atoms with van der Waals surface area (Å²) in [6.45, 7) is 11.1. The molecule has 10 nitrogen and oxygen atoms in total. The van der Waals surface area contributed by atoms with Gasteiger partial charge in [0.25, 0.3) is 5.91 Å². The van der Waals surface area contributed by atoms with E-state index in [4.69, 9.17) is 9.47 Å². The maximum Gasteiger partial charge on any atom is 0.323 e. The number of carbonyl (C=O) groups excluding carboxylic acids is 1. The fourth-order valence-electron chi connectivity index (χ4n) is 6.37. The van der Waals surface area contributed by atoms with Crippen molar-refractivity contribution in [3.63, 3.8) is 0 Å². The maximum absolute atomic E-state index is 13.7. The van der Waals surface area contributed by atoms with Crippen molar-refractivity contribution in [3.8, 4) is 16.9 Å². The highest BCUT2D eigenvalue weighted by molar-refractivity contribution is 7.90. The standard InChI is InChI=1S/C41H50N4O6S/c1-5-7-22-50-23-24-51-36-15-10-31(11-16-36)32-12-19-38-34(25-32)26-33(9-8-21-44(38)27-40(46)47)41(48)43-35-13-17-37(18-14-35)52(49)28-39-29(3)42-30(4)45(39)20-6-2/h10-19,25-26H,5-9,20-24,27-28H2,1-4H3,(H,43,48)(H,46,47)/b33-26+/t52-/m0/s1. The Balaban J connectivity index is 1.31.